The normalized spacial score (nSPS) is 9.70. The van der Waals surface area contributed by atoms with Crippen molar-refractivity contribution in [1.29, 1.82) is 0 Å². The van der Waals surface area contributed by atoms with E-state index in [-0.39, 0.29) is 12.5 Å². The number of carbonyl (C=O) groups excluding carboxylic acids is 1. The Morgan fingerprint density at radius 2 is 2.35 bits per heavy atom. The van der Waals surface area contributed by atoms with Crippen LogP contribution in [-0.2, 0) is 6.54 Å². The molecule has 2 aromatic heterocycles. The van der Waals surface area contributed by atoms with Crippen LogP contribution in [0.2, 0.25) is 0 Å². The first kappa shape index (κ1) is 14.7. The van der Waals surface area contributed by atoms with Crippen LogP contribution in [0.5, 0.6) is 0 Å². The Morgan fingerprint density at radius 1 is 1.50 bits per heavy atom. The van der Waals surface area contributed by atoms with Crippen LogP contribution in [0.3, 0.4) is 0 Å². The van der Waals surface area contributed by atoms with Crippen LogP contribution in [-0.4, -0.2) is 17.4 Å². The summed E-state index contributed by atoms with van der Waals surface area (Å²) in [5.41, 5.74) is 6.25. The van der Waals surface area contributed by atoms with Crippen LogP contribution in [0.15, 0.2) is 34.2 Å². The average Bonchev–Trinajstić information content (AvgIpc) is 2.88. The van der Waals surface area contributed by atoms with Crippen LogP contribution in [0.4, 0.5) is 0 Å². The fourth-order valence-corrected chi connectivity index (χ4v) is 2.96. The molecule has 0 saturated heterocycles. The van der Waals surface area contributed by atoms with E-state index in [1.807, 2.05) is 11.4 Å². The van der Waals surface area contributed by atoms with Crippen molar-refractivity contribution in [1.82, 2.24) is 10.3 Å². The summed E-state index contributed by atoms with van der Waals surface area (Å²) in [7, 11) is 0. The largest absolute Gasteiger partial charge is 0.346 e. The number of thiophene rings is 1. The van der Waals surface area contributed by atoms with Gasteiger partial charge >= 0.3 is 0 Å². The minimum atomic E-state index is -0.243. The Morgan fingerprint density at radius 3 is 3.05 bits per heavy atom. The predicted molar refractivity (Wildman–Crippen MR) is 83.4 cm³/mol. The van der Waals surface area contributed by atoms with Crippen molar-refractivity contribution in [3.63, 3.8) is 0 Å². The number of nitrogens with two attached hydrogens (primary N) is 1. The molecule has 2 heterocycles. The SMILES string of the molecule is NCC#Cc1cccnc1C(=O)NCc1sccc1Br. The number of aromatic nitrogens is 1. The first-order chi connectivity index (χ1) is 9.72. The number of nitrogens with zero attached hydrogens (tertiary/aromatic N) is 1. The standard InChI is InChI=1S/C14H12BrN3OS/c15-11-5-8-20-12(11)9-18-14(19)13-10(3-1-6-16)4-2-7-17-13/h2,4-5,7-8H,6,9,16H2,(H,18,19). The molecule has 1 amide bonds. The zero-order chi connectivity index (χ0) is 14.4. The Balaban J connectivity index is 2.11. The zero-order valence-electron chi connectivity index (χ0n) is 10.5. The first-order valence-corrected chi connectivity index (χ1v) is 7.53. The van der Waals surface area contributed by atoms with Crippen LogP contribution in [0, 0.1) is 11.8 Å². The summed E-state index contributed by atoms with van der Waals surface area (Å²) in [6.07, 6.45) is 1.57. The lowest BCUT2D eigenvalue weighted by Crippen LogP contribution is -2.24. The Hall–Kier alpha value is -1.68. The molecule has 0 unspecified atom stereocenters. The maximum atomic E-state index is 12.2. The smallest absolute Gasteiger partial charge is 0.271 e. The highest BCUT2D eigenvalue weighted by Gasteiger charge is 2.12. The lowest BCUT2D eigenvalue weighted by molar-refractivity contribution is 0.0946. The van der Waals surface area contributed by atoms with Gasteiger partial charge in [-0.3, -0.25) is 4.79 Å². The third-order valence-corrected chi connectivity index (χ3v) is 4.37. The number of pyridine rings is 1. The van der Waals surface area contributed by atoms with Crippen LogP contribution >= 0.6 is 27.3 Å². The molecule has 3 N–H and O–H groups in total. The molecule has 0 radical (unpaired) electrons. The van der Waals surface area contributed by atoms with Gasteiger partial charge < -0.3 is 11.1 Å². The number of amides is 1. The highest BCUT2D eigenvalue weighted by molar-refractivity contribution is 9.10. The summed E-state index contributed by atoms with van der Waals surface area (Å²) in [5.74, 6) is 5.34. The van der Waals surface area contributed by atoms with Crippen molar-refractivity contribution in [2.24, 2.45) is 5.73 Å². The second-order valence-corrected chi connectivity index (χ2v) is 5.63. The van der Waals surface area contributed by atoms with Crippen molar-refractivity contribution in [2.45, 2.75) is 6.54 Å². The van der Waals surface area contributed by atoms with E-state index in [0.29, 0.717) is 17.8 Å². The van der Waals surface area contributed by atoms with E-state index in [9.17, 15) is 4.79 Å². The molecule has 0 aliphatic rings. The molecule has 2 rings (SSSR count). The van der Waals surface area contributed by atoms with Gasteiger partial charge in [-0.25, -0.2) is 4.98 Å². The van der Waals surface area contributed by atoms with Gasteiger partial charge in [0, 0.05) is 15.5 Å². The summed E-state index contributed by atoms with van der Waals surface area (Å²) >= 11 is 5.01. The van der Waals surface area contributed by atoms with Gasteiger partial charge in [0.05, 0.1) is 18.7 Å². The van der Waals surface area contributed by atoms with Crippen LogP contribution in [0.1, 0.15) is 20.9 Å². The Labute approximate surface area is 129 Å². The summed E-state index contributed by atoms with van der Waals surface area (Å²) in [5, 5.41) is 4.80. The van der Waals surface area contributed by atoms with Crippen molar-refractivity contribution in [3.05, 3.63) is 50.4 Å². The van der Waals surface area contributed by atoms with E-state index in [2.05, 4.69) is 38.1 Å². The molecule has 0 spiro atoms. The first-order valence-electron chi connectivity index (χ1n) is 5.86. The molecule has 0 aliphatic carbocycles. The maximum absolute atomic E-state index is 12.2. The summed E-state index contributed by atoms with van der Waals surface area (Å²) in [6, 6.07) is 5.45. The third kappa shape index (κ3) is 3.67. The maximum Gasteiger partial charge on any atom is 0.271 e. The van der Waals surface area contributed by atoms with Gasteiger partial charge in [-0.2, -0.15) is 0 Å². The molecule has 4 nitrogen and oxygen atoms in total. The monoisotopic (exact) mass is 349 g/mol. The number of hydrogen-bond donors (Lipinski definition) is 2. The van der Waals surface area contributed by atoms with Crippen LogP contribution in [0.25, 0.3) is 0 Å². The fourth-order valence-electron chi connectivity index (χ4n) is 1.53. The van der Waals surface area contributed by atoms with E-state index in [0.717, 1.165) is 9.35 Å². The molecule has 0 aliphatic heterocycles. The number of carbonyl (C=O) groups is 1. The highest BCUT2D eigenvalue weighted by Crippen LogP contribution is 2.22. The topological polar surface area (TPSA) is 68.0 Å². The summed E-state index contributed by atoms with van der Waals surface area (Å²) in [6.45, 7) is 0.704. The van der Waals surface area contributed by atoms with E-state index < -0.39 is 0 Å². The molecule has 6 heteroatoms. The Bertz CT molecular complexity index is 672. The number of rotatable bonds is 3. The van der Waals surface area contributed by atoms with Crippen LogP contribution < -0.4 is 11.1 Å². The van der Waals surface area contributed by atoms with Crippen molar-refractivity contribution in [2.75, 3.05) is 6.54 Å². The van der Waals surface area contributed by atoms with Gasteiger partial charge in [-0.05, 0) is 39.5 Å². The van der Waals surface area contributed by atoms with Crippen molar-refractivity contribution in [3.8, 4) is 11.8 Å². The van der Waals surface area contributed by atoms with Crippen molar-refractivity contribution < 1.29 is 4.79 Å². The van der Waals surface area contributed by atoms with Crippen molar-refractivity contribution >= 4 is 33.2 Å². The molecule has 0 fully saturated rings. The molecule has 0 atom stereocenters. The molecule has 20 heavy (non-hydrogen) atoms. The quantitative estimate of drug-likeness (QED) is 0.834. The zero-order valence-corrected chi connectivity index (χ0v) is 12.9. The van der Waals surface area contributed by atoms with E-state index in [4.69, 9.17) is 5.73 Å². The molecular formula is C14H12BrN3OS. The minimum absolute atomic E-state index is 0.243. The Kier molecular flexibility index (Phi) is 5.30. The molecule has 102 valence electrons. The predicted octanol–water partition coefficient (Wildman–Crippen LogP) is 2.15. The van der Waals surface area contributed by atoms with Gasteiger partial charge in [0.2, 0.25) is 0 Å². The van der Waals surface area contributed by atoms with E-state index >= 15 is 0 Å². The average molecular weight is 350 g/mol. The fraction of sp³-hybridized carbons (Fsp3) is 0.143. The molecule has 2 aromatic rings. The molecule has 0 saturated carbocycles. The second-order valence-electron chi connectivity index (χ2n) is 3.78. The molecule has 0 aromatic carbocycles. The third-order valence-electron chi connectivity index (χ3n) is 2.45. The summed E-state index contributed by atoms with van der Waals surface area (Å²) in [4.78, 5) is 17.3. The van der Waals surface area contributed by atoms with Gasteiger partial charge in [-0.15, -0.1) is 11.3 Å². The van der Waals surface area contributed by atoms with Gasteiger partial charge in [0.1, 0.15) is 5.69 Å². The molecular weight excluding hydrogens is 338 g/mol. The summed E-state index contributed by atoms with van der Waals surface area (Å²) < 4.78 is 0.993. The van der Waals surface area contributed by atoms with E-state index in [1.54, 1.807) is 29.7 Å². The van der Waals surface area contributed by atoms with Gasteiger partial charge in [-0.1, -0.05) is 11.8 Å². The molecule has 0 bridgehead atoms. The lowest BCUT2D eigenvalue weighted by Gasteiger charge is -2.05. The number of hydrogen-bond acceptors (Lipinski definition) is 4. The lowest BCUT2D eigenvalue weighted by atomic mass is 10.2. The number of nitrogens with one attached hydrogen (secondary N) is 1. The number of halogens is 1. The second kappa shape index (κ2) is 7.20. The van der Waals surface area contributed by atoms with E-state index in [1.165, 1.54) is 0 Å². The van der Waals surface area contributed by atoms with Gasteiger partial charge in [0.15, 0.2) is 0 Å². The minimum Gasteiger partial charge on any atom is -0.346 e. The van der Waals surface area contributed by atoms with Gasteiger partial charge in [0.25, 0.3) is 5.91 Å². The highest BCUT2D eigenvalue weighted by atomic mass is 79.9.